The van der Waals surface area contributed by atoms with Crippen LogP contribution in [0.3, 0.4) is 0 Å². The Kier molecular flexibility index (Phi) is 3.06. The molecule has 1 N–H and O–H groups in total. The Bertz CT molecular complexity index is 752. The van der Waals surface area contributed by atoms with Gasteiger partial charge in [-0.25, -0.2) is 0 Å². The van der Waals surface area contributed by atoms with Gasteiger partial charge in [-0.1, -0.05) is 29.8 Å². The molecular weight excluding hydrogens is 316 g/mol. The van der Waals surface area contributed by atoms with Gasteiger partial charge in [0.25, 0.3) is 0 Å². The van der Waals surface area contributed by atoms with Crippen molar-refractivity contribution < 1.29 is 4.74 Å². The Hall–Kier alpha value is -1.78. The topological polar surface area (TPSA) is 24.5 Å². The standard InChI is InChI=1S/C17H15ClN2OS/c1-17-10-14(13-9-11(18)7-8-15(13)21-17)19-16(22)20(17)12-5-3-2-4-6-12/h2-9,14H,10H2,1H3,(H,19,22). The molecule has 5 heteroatoms. The average Bonchev–Trinajstić information content (AvgIpc) is 2.48. The van der Waals surface area contributed by atoms with Gasteiger partial charge in [0, 0.05) is 22.7 Å². The van der Waals surface area contributed by atoms with Gasteiger partial charge in [0.05, 0.1) is 6.04 Å². The van der Waals surface area contributed by atoms with E-state index in [9.17, 15) is 0 Å². The summed E-state index contributed by atoms with van der Waals surface area (Å²) in [4.78, 5) is 2.05. The number of halogens is 1. The molecule has 1 saturated heterocycles. The SMILES string of the molecule is CC12CC(NC(=S)N1c1ccccc1)c1cc(Cl)ccc1O2. The first kappa shape index (κ1) is 13.9. The van der Waals surface area contributed by atoms with Gasteiger partial charge in [-0.2, -0.15) is 0 Å². The van der Waals surface area contributed by atoms with Crippen molar-refractivity contribution in [3.8, 4) is 5.75 Å². The number of hydrogen-bond donors (Lipinski definition) is 1. The Morgan fingerprint density at radius 1 is 1.27 bits per heavy atom. The number of anilines is 1. The fourth-order valence-electron chi connectivity index (χ4n) is 3.31. The van der Waals surface area contributed by atoms with Crippen LogP contribution in [0.5, 0.6) is 5.75 Å². The highest BCUT2D eigenvalue weighted by Crippen LogP contribution is 2.46. The highest BCUT2D eigenvalue weighted by molar-refractivity contribution is 7.80. The zero-order valence-electron chi connectivity index (χ0n) is 12.0. The summed E-state index contributed by atoms with van der Waals surface area (Å²) in [6.45, 7) is 2.08. The first-order valence-electron chi connectivity index (χ1n) is 7.21. The van der Waals surface area contributed by atoms with Crippen molar-refractivity contribution >= 4 is 34.6 Å². The maximum atomic E-state index is 6.32. The molecule has 0 spiro atoms. The summed E-state index contributed by atoms with van der Waals surface area (Å²) in [6, 6.07) is 16.0. The molecular formula is C17H15ClN2OS. The number of ether oxygens (including phenoxy) is 1. The van der Waals surface area contributed by atoms with E-state index in [4.69, 9.17) is 28.6 Å². The van der Waals surface area contributed by atoms with Gasteiger partial charge >= 0.3 is 0 Å². The van der Waals surface area contributed by atoms with Gasteiger partial charge in [0.2, 0.25) is 0 Å². The van der Waals surface area contributed by atoms with E-state index in [1.165, 1.54) is 0 Å². The van der Waals surface area contributed by atoms with Crippen LogP contribution in [0.2, 0.25) is 5.02 Å². The first-order valence-corrected chi connectivity index (χ1v) is 8.00. The van der Waals surface area contributed by atoms with Gasteiger partial charge < -0.3 is 10.1 Å². The molecule has 0 radical (unpaired) electrons. The van der Waals surface area contributed by atoms with E-state index in [0.717, 1.165) is 23.4 Å². The normalized spacial score (nSPS) is 26.0. The Balaban J connectivity index is 1.81. The monoisotopic (exact) mass is 330 g/mol. The second kappa shape index (κ2) is 4.86. The summed E-state index contributed by atoms with van der Waals surface area (Å²) in [6.07, 6.45) is 0.801. The van der Waals surface area contributed by atoms with Crippen LogP contribution < -0.4 is 15.0 Å². The van der Waals surface area contributed by atoms with Crippen molar-refractivity contribution in [1.82, 2.24) is 5.32 Å². The van der Waals surface area contributed by atoms with Crippen LogP contribution in [0.4, 0.5) is 5.69 Å². The average molecular weight is 331 g/mol. The van der Waals surface area contributed by atoms with E-state index in [1.807, 2.05) is 48.5 Å². The van der Waals surface area contributed by atoms with Crippen LogP contribution >= 0.6 is 23.8 Å². The third kappa shape index (κ3) is 2.06. The Morgan fingerprint density at radius 2 is 2.05 bits per heavy atom. The summed E-state index contributed by atoms with van der Waals surface area (Å²) < 4.78 is 6.32. The molecule has 22 heavy (non-hydrogen) atoms. The van der Waals surface area contributed by atoms with Crippen molar-refractivity contribution in [2.75, 3.05) is 4.90 Å². The maximum Gasteiger partial charge on any atom is 0.188 e. The quantitative estimate of drug-likeness (QED) is 0.789. The number of nitrogens with one attached hydrogen (secondary N) is 1. The van der Waals surface area contributed by atoms with E-state index in [-0.39, 0.29) is 6.04 Å². The lowest BCUT2D eigenvalue weighted by Crippen LogP contribution is -2.65. The lowest BCUT2D eigenvalue weighted by molar-refractivity contribution is 0.0498. The molecule has 0 aromatic heterocycles. The third-order valence-electron chi connectivity index (χ3n) is 4.25. The van der Waals surface area contributed by atoms with E-state index >= 15 is 0 Å². The molecule has 2 aromatic rings. The Labute approximate surface area is 139 Å². The molecule has 4 rings (SSSR count). The smallest absolute Gasteiger partial charge is 0.188 e. The first-order chi connectivity index (χ1) is 10.6. The molecule has 112 valence electrons. The molecule has 2 aromatic carbocycles. The lowest BCUT2D eigenvalue weighted by atomic mass is 9.90. The molecule has 3 nitrogen and oxygen atoms in total. The number of para-hydroxylation sites is 1. The van der Waals surface area contributed by atoms with Gasteiger partial charge in [-0.3, -0.25) is 4.90 Å². The van der Waals surface area contributed by atoms with Crippen molar-refractivity contribution in [2.24, 2.45) is 0 Å². The highest BCUT2D eigenvalue weighted by Gasteiger charge is 2.48. The van der Waals surface area contributed by atoms with E-state index in [1.54, 1.807) is 0 Å². The van der Waals surface area contributed by atoms with E-state index in [2.05, 4.69) is 17.1 Å². The van der Waals surface area contributed by atoms with Crippen LogP contribution in [0.1, 0.15) is 24.9 Å². The number of benzene rings is 2. The maximum absolute atomic E-state index is 6.32. The summed E-state index contributed by atoms with van der Waals surface area (Å²) in [7, 11) is 0. The lowest BCUT2D eigenvalue weighted by Gasteiger charge is -2.52. The minimum atomic E-state index is -0.505. The zero-order valence-corrected chi connectivity index (χ0v) is 13.6. The number of thiocarbonyl (C=S) groups is 1. The minimum Gasteiger partial charge on any atom is -0.467 e. The molecule has 2 aliphatic rings. The third-order valence-corrected chi connectivity index (χ3v) is 4.78. The summed E-state index contributed by atoms with van der Waals surface area (Å²) in [5, 5.41) is 4.81. The van der Waals surface area contributed by atoms with Crippen molar-refractivity contribution in [3.63, 3.8) is 0 Å². The number of hydrogen-bond acceptors (Lipinski definition) is 2. The molecule has 1 fully saturated rings. The van der Waals surface area contributed by atoms with Crippen molar-refractivity contribution in [1.29, 1.82) is 0 Å². The predicted octanol–water partition coefficient (Wildman–Crippen LogP) is 4.27. The van der Waals surface area contributed by atoms with Crippen LogP contribution in [0.15, 0.2) is 48.5 Å². The van der Waals surface area contributed by atoms with Gasteiger partial charge in [0.15, 0.2) is 10.8 Å². The van der Waals surface area contributed by atoms with Gasteiger partial charge in [-0.15, -0.1) is 0 Å². The largest absolute Gasteiger partial charge is 0.467 e. The number of rotatable bonds is 1. The summed E-state index contributed by atoms with van der Waals surface area (Å²) >= 11 is 11.7. The number of nitrogens with zero attached hydrogens (tertiary/aromatic N) is 1. The Morgan fingerprint density at radius 3 is 2.82 bits per heavy atom. The fourth-order valence-corrected chi connectivity index (χ4v) is 3.93. The van der Waals surface area contributed by atoms with E-state index < -0.39 is 5.72 Å². The van der Waals surface area contributed by atoms with Gasteiger partial charge in [-0.05, 0) is 49.5 Å². The molecule has 0 saturated carbocycles. The van der Waals surface area contributed by atoms with Crippen LogP contribution in [-0.2, 0) is 0 Å². The molecule has 2 unspecified atom stereocenters. The fraction of sp³-hybridized carbons (Fsp3) is 0.235. The molecule has 2 heterocycles. The molecule has 2 atom stereocenters. The predicted molar refractivity (Wildman–Crippen MR) is 92.5 cm³/mol. The van der Waals surface area contributed by atoms with Crippen molar-refractivity contribution in [3.05, 3.63) is 59.1 Å². The second-order valence-corrected chi connectivity index (χ2v) is 6.66. The van der Waals surface area contributed by atoms with Gasteiger partial charge in [0.1, 0.15) is 5.75 Å². The molecule has 0 amide bonds. The van der Waals surface area contributed by atoms with E-state index in [0.29, 0.717) is 10.1 Å². The molecule has 2 bridgehead atoms. The number of fused-ring (bicyclic) bond motifs is 4. The summed E-state index contributed by atoms with van der Waals surface area (Å²) in [5.41, 5.74) is 1.59. The van der Waals surface area contributed by atoms with Crippen LogP contribution in [0.25, 0.3) is 0 Å². The van der Waals surface area contributed by atoms with Crippen LogP contribution in [0, 0.1) is 0 Å². The molecule has 2 aliphatic heterocycles. The van der Waals surface area contributed by atoms with Crippen molar-refractivity contribution in [2.45, 2.75) is 25.1 Å². The molecule has 0 aliphatic carbocycles. The zero-order chi connectivity index (χ0) is 15.3. The highest BCUT2D eigenvalue weighted by atomic mass is 35.5. The second-order valence-electron chi connectivity index (χ2n) is 5.84. The minimum absolute atomic E-state index is 0.125. The van der Waals surface area contributed by atoms with Crippen LogP contribution in [-0.4, -0.2) is 10.8 Å². The summed E-state index contributed by atoms with van der Waals surface area (Å²) in [5.74, 6) is 0.860.